The smallest absolute Gasteiger partial charge is 0.252 e. The Hall–Kier alpha value is -2.33. The van der Waals surface area contributed by atoms with Crippen molar-refractivity contribution in [2.24, 2.45) is 0 Å². The van der Waals surface area contributed by atoms with Gasteiger partial charge in [-0.3, -0.25) is 4.79 Å². The van der Waals surface area contributed by atoms with Crippen molar-refractivity contribution < 1.29 is 0 Å². The van der Waals surface area contributed by atoms with E-state index < -0.39 is 0 Å². The number of thioether (sulfide) groups is 1. The first-order chi connectivity index (χ1) is 11.3. The molecular formula is C19H18N2OS. The molecule has 1 aromatic heterocycles. The summed E-state index contributed by atoms with van der Waals surface area (Å²) in [7, 11) is 0. The first-order valence-corrected chi connectivity index (χ1v) is 8.63. The molecule has 4 heteroatoms. The first kappa shape index (κ1) is 15.6. The molecule has 0 aliphatic rings. The van der Waals surface area contributed by atoms with Crippen LogP contribution in [0.3, 0.4) is 0 Å². The van der Waals surface area contributed by atoms with E-state index in [1.165, 1.54) is 5.56 Å². The lowest BCUT2D eigenvalue weighted by Crippen LogP contribution is -2.08. The highest BCUT2D eigenvalue weighted by molar-refractivity contribution is 7.99. The van der Waals surface area contributed by atoms with Gasteiger partial charge < -0.3 is 4.98 Å². The number of hydrogen-bond donors (Lipinski definition) is 1. The Balaban J connectivity index is 1.62. The quantitative estimate of drug-likeness (QED) is 0.421. The molecule has 1 heterocycles. The monoisotopic (exact) mass is 322 g/mol. The van der Waals surface area contributed by atoms with E-state index >= 15 is 0 Å². The third kappa shape index (κ3) is 4.57. The normalized spacial score (nSPS) is 10.6. The number of benzene rings is 2. The average Bonchev–Trinajstić information content (AvgIpc) is 2.60. The van der Waals surface area contributed by atoms with E-state index in [0.717, 1.165) is 29.9 Å². The number of aromatic nitrogens is 2. The molecule has 2 aromatic carbocycles. The van der Waals surface area contributed by atoms with Crippen LogP contribution in [0.15, 0.2) is 76.7 Å². The van der Waals surface area contributed by atoms with Gasteiger partial charge in [-0.25, -0.2) is 4.98 Å². The maximum atomic E-state index is 11.8. The summed E-state index contributed by atoms with van der Waals surface area (Å²) in [5.41, 5.74) is 2.92. The van der Waals surface area contributed by atoms with E-state index in [4.69, 9.17) is 0 Å². The Morgan fingerprint density at radius 3 is 2.39 bits per heavy atom. The van der Waals surface area contributed by atoms with Crippen molar-refractivity contribution in [3.05, 3.63) is 82.6 Å². The molecular weight excluding hydrogens is 304 g/mol. The zero-order valence-corrected chi connectivity index (χ0v) is 13.6. The highest BCUT2D eigenvalue weighted by Crippen LogP contribution is 2.19. The number of nitrogens with one attached hydrogen (secondary N) is 1. The second kappa shape index (κ2) is 7.79. The summed E-state index contributed by atoms with van der Waals surface area (Å²) in [6.07, 6.45) is 2.09. The second-order valence-electron chi connectivity index (χ2n) is 5.24. The molecule has 3 rings (SSSR count). The van der Waals surface area contributed by atoms with E-state index in [0.29, 0.717) is 5.16 Å². The maximum Gasteiger partial charge on any atom is 0.252 e. The summed E-state index contributed by atoms with van der Waals surface area (Å²) < 4.78 is 0. The molecule has 0 aliphatic carbocycles. The molecule has 116 valence electrons. The molecule has 0 saturated heterocycles. The predicted octanol–water partition coefficient (Wildman–Crippen LogP) is 4.16. The fourth-order valence-electron chi connectivity index (χ4n) is 2.35. The van der Waals surface area contributed by atoms with E-state index in [9.17, 15) is 4.79 Å². The summed E-state index contributed by atoms with van der Waals surface area (Å²) in [6, 6.07) is 21.8. The molecule has 0 saturated carbocycles. The summed E-state index contributed by atoms with van der Waals surface area (Å²) >= 11 is 1.60. The lowest BCUT2D eigenvalue weighted by molar-refractivity contribution is 0.911. The van der Waals surface area contributed by atoms with Crippen molar-refractivity contribution in [2.45, 2.75) is 18.0 Å². The molecule has 0 radical (unpaired) electrons. The fraction of sp³-hybridized carbons (Fsp3) is 0.158. The van der Waals surface area contributed by atoms with Gasteiger partial charge in [0, 0.05) is 17.4 Å². The molecule has 0 aliphatic heterocycles. The van der Waals surface area contributed by atoms with Crippen LogP contribution in [0.25, 0.3) is 11.3 Å². The number of H-pyrrole nitrogens is 1. The van der Waals surface area contributed by atoms with Crippen molar-refractivity contribution in [1.82, 2.24) is 9.97 Å². The molecule has 0 fully saturated rings. The van der Waals surface area contributed by atoms with Crippen LogP contribution in [0.2, 0.25) is 0 Å². The van der Waals surface area contributed by atoms with Gasteiger partial charge in [0.25, 0.3) is 5.56 Å². The molecule has 3 nitrogen and oxygen atoms in total. The van der Waals surface area contributed by atoms with Crippen LogP contribution >= 0.6 is 11.8 Å². The maximum absolute atomic E-state index is 11.8. The minimum Gasteiger partial charge on any atom is -0.301 e. The Morgan fingerprint density at radius 1 is 0.957 bits per heavy atom. The van der Waals surface area contributed by atoms with E-state index in [2.05, 4.69) is 34.2 Å². The largest absolute Gasteiger partial charge is 0.301 e. The van der Waals surface area contributed by atoms with Crippen molar-refractivity contribution >= 4 is 11.8 Å². The standard InChI is InChI=1S/C19H18N2OS/c22-18-14-17(16-11-5-2-6-12-16)20-19(21-18)23-13-7-10-15-8-3-1-4-9-15/h1-6,8-9,11-12,14H,7,10,13H2,(H,20,21,22). The topological polar surface area (TPSA) is 45.8 Å². The Bertz CT molecular complexity index is 800. The van der Waals surface area contributed by atoms with Gasteiger partial charge >= 0.3 is 0 Å². The van der Waals surface area contributed by atoms with Gasteiger partial charge in [-0.15, -0.1) is 0 Å². The average molecular weight is 322 g/mol. The van der Waals surface area contributed by atoms with Crippen LogP contribution in [0.4, 0.5) is 0 Å². The van der Waals surface area contributed by atoms with Crippen LogP contribution in [-0.2, 0) is 6.42 Å². The molecule has 0 spiro atoms. The highest BCUT2D eigenvalue weighted by atomic mass is 32.2. The molecule has 3 aromatic rings. The van der Waals surface area contributed by atoms with Gasteiger partial charge in [-0.1, -0.05) is 72.4 Å². The molecule has 1 N–H and O–H groups in total. The fourth-order valence-corrected chi connectivity index (χ4v) is 3.17. The SMILES string of the molecule is O=c1cc(-c2ccccc2)nc(SCCCc2ccccc2)[nH]1. The van der Waals surface area contributed by atoms with Gasteiger partial charge in [-0.2, -0.15) is 0 Å². The summed E-state index contributed by atoms with van der Waals surface area (Å²) in [5.74, 6) is 0.927. The minimum atomic E-state index is -0.107. The van der Waals surface area contributed by atoms with Gasteiger partial charge in [0.05, 0.1) is 5.69 Å². The first-order valence-electron chi connectivity index (χ1n) is 7.65. The van der Waals surface area contributed by atoms with Gasteiger partial charge in [-0.05, 0) is 18.4 Å². The number of rotatable bonds is 6. The number of aromatic amines is 1. The van der Waals surface area contributed by atoms with Gasteiger partial charge in [0.1, 0.15) is 0 Å². The molecule has 23 heavy (non-hydrogen) atoms. The van der Waals surface area contributed by atoms with Gasteiger partial charge in [0.15, 0.2) is 5.16 Å². The third-order valence-electron chi connectivity index (χ3n) is 3.48. The Labute approximate surface area is 139 Å². The van der Waals surface area contributed by atoms with Crippen molar-refractivity contribution in [3.63, 3.8) is 0 Å². The Morgan fingerprint density at radius 2 is 1.65 bits per heavy atom. The predicted molar refractivity (Wildman–Crippen MR) is 95.8 cm³/mol. The minimum absolute atomic E-state index is 0.107. The summed E-state index contributed by atoms with van der Waals surface area (Å²) in [6.45, 7) is 0. The van der Waals surface area contributed by atoms with Crippen LogP contribution < -0.4 is 5.56 Å². The van der Waals surface area contributed by atoms with Gasteiger partial charge in [0.2, 0.25) is 0 Å². The van der Waals surface area contributed by atoms with E-state index in [1.54, 1.807) is 17.8 Å². The van der Waals surface area contributed by atoms with Crippen molar-refractivity contribution in [2.75, 3.05) is 5.75 Å². The molecule has 0 bridgehead atoms. The molecule has 0 atom stereocenters. The number of aryl methyl sites for hydroxylation is 1. The zero-order valence-electron chi connectivity index (χ0n) is 12.7. The summed E-state index contributed by atoms with van der Waals surface area (Å²) in [4.78, 5) is 19.2. The second-order valence-corrected chi connectivity index (χ2v) is 6.32. The zero-order chi connectivity index (χ0) is 15.9. The van der Waals surface area contributed by atoms with Crippen molar-refractivity contribution in [1.29, 1.82) is 0 Å². The summed E-state index contributed by atoms with van der Waals surface area (Å²) in [5, 5.41) is 0.685. The number of nitrogens with zero attached hydrogens (tertiary/aromatic N) is 1. The van der Waals surface area contributed by atoms with Crippen LogP contribution in [-0.4, -0.2) is 15.7 Å². The molecule has 0 amide bonds. The van der Waals surface area contributed by atoms with Crippen LogP contribution in [0.5, 0.6) is 0 Å². The van der Waals surface area contributed by atoms with Crippen LogP contribution in [0, 0.1) is 0 Å². The van der Waals surface area contributed by atoms with E-state index in [1.807, 2.05) is 36.4 Å². The lowest BCUT2D eigenvalue weighted by atomic mass is 10.1. The lowest BCUT2D eigenvalue weighted by Gasteiger charge is -2.04. The van der Waals surface area contributed by atoms with Crippen molar-refractivity contribution in [3.8, 4) is 11.3 Å². The highest BCUT2D eigenvalue weighted by Gasteiger charge is 2.04. The van der Waals surface area contributed by atoms with E-state index in [-0.39, 0.29) is 5.56 Å². The number of hydrogen-bond acceptors (Lipinski definition) is 3. The van der Waals surface area contributed by atoms with Crippen LogP contribution in [0.1, 0.15) is 12.0 Å². The molecule has 0 unspecified atom stereocenters. The third-order valence-corrected chi connectivity index (χ3v) is 4.44. The Kier molecular flexibility index (Phi) is 5.27.